The lowest BCUT2D eigenvalue weighted by molar-refractivity contribution is -0.282. The fraction of sp³-hybridized carbons (Fsp3) is 0.429. The molecule has 1 aliphatic rings. The number of piperidine rings is 1. The molecule has 1 saturated heterocycles. The highest BCUT2D eigenvalue weighted by Crippen LogP contribution is 2.24. The smallest absolute Gasteiger partial charge is 0.225 e. The summed E-state index contributed by atoms with van der Waals surface area (Å²) in [6, 6.07) is 5.69. The predicted octanol–water partition coefficient (Wildman–Crippen LogP) is 1.25. The molecule has 1 aliphatic heterocycles. The van der Waals surface area contributed by atoms with Gasteiger partial charge in [0.05, 0.1) is 31.2 Å². The minimum absolute atomic E-state index is 0.207. The SMILES string of the molecule is COOCc1cc(C)nc(N2CCC(n3ncc(COc4ccc(-n5cnnn5)nc4)n3)CC2)n1. The van der Waals surface area contributed by atoms with Crippen LogP contribution in [0.25, 0.3) is 5.82 Å². The number of rotatable bonds is 9. The van der Waals surface area contributed by atoms with Crippen molar-refractivity contribution in [1.82, 2.24) is 50.2 Å². The van der Waals surface area contributed by atoms with E-state index in [1.165, 1.54) is 18.1 Å². The van der Waals surface area contributed by atoms with Gasteiger partial charge in [-0.05, 0) is 48.4 Å². The molecule has 0 aromatic carbocycles. The summed E-state index contributed by atoms with van der Waals surface area (Å²) in [5.41, 5.74) is 2.43. The van der Waals surface area contributed by atoms with Gasteiger partial charge in [-0.15, -0.1) is 5.10 Å². The highest BCUT2D eigenvalue weighted by atomic mass is 17.2. The highest BCUT2D eigenvalue weighted by molar-refractivity contribution is 5.33. The first-order valence-corrected chi connectivity index (χ1v) is 11.2. The molecule has 14 heteroatoms. The average molecular weight is 480 g/mol. The highest BCUT2D eigenvalue weighted by Gasteiger charge is 2.24. The molecule has 0 N–H and O–H groups in total. The summed E-state index contributed by atoms with van der Waals surface area (Å²) in [4.78, 5) is 27.2. The minimum Gasteiger partial charge on any atom is -0.486 e. The Kier molecular flexibility index (Phi) is 6.81. The number of nitrogens with zero attached hydrogens (tertiary/aromatic N) is 11. The largest absolute Gasteiger partial charge is 0.486 e. The third-order valence-electron chi connectivity index (χ3n) is 5.54. The first-order valence-electron chi connectivity index (χ1n) is 11.2. The molecule has 0 spiro atoms. The number of aromatic nitrogens is 10. The number of pyridine rings is 1. The van der Waals surface area contributed by atoms with E-state index in [1.807, 2.05) is 19.1 Å². The molecule has 0 aliphatic carbocycles. The van der Waals surface area contributed by atoms with E-state index in [0.29, 0.717) is 24.1 Å². The Labute approximate surface area is 200 Å². The first kappa shape index (κ1) is 22.7. The third-order valence-corrected chi connectivity index (χ3v) is 5.54. The van der Waals surface area contributed by atoms with E-state index in [0.717, 1.165) is 43.0 Å². The van der Waals surface area contributed by atoms with E-state index in [2.05, 4.69) is 50.5 Å². The van der Waals surface area contributed by atoms with Gasteiger partial charge in [-0.1, -0.05) is 0 Å². The lowest BCUT2D eigenvalue weighted by atomic mass is 10.1. The summed E-state index contributed by atoms with van der Waals surface area (Å²) in [7, 11) is 1.48. The van der Waals surface area contributed by atoms with Crippen LogP contribution in [0.1, 0.15) is 36.0 Å². The van der Waals surface area contributed by atoms with Gasteiger partial charge in [0.2, 0.25) is 5.95 Å². The number of anilines is 1. The van der Waals surface area contributed by atoms with E-state index >= 15 is 0 Å². The number of hydrogen-bond acceptors (Lipinski definition) is 12. The molecule has 14 nitrogen and oxygen atoms in total. The molecule has 4 aromatic heterocycles. The Balaban J connectivity index is 1.14. The van der Waals surface area contributed by atoms with Crippen LogP contribution in [0, 0.1) is 6.92 Å². The molecule has 0 bridgehead atoms. The van der Waals surface area contributed by atoms with Gasteiger partial charge in [-0.25, -0.2) is 24.7 Å². The molecular formula is C21H25N11O3. The van der Waals surface area contributed by atoms with Gasteiger partial charge in [0.25, 0.3) is 0 Å². The lowest BCUT2D eigenvalue weighted by Gasteiger charge is -2.31. The Morgan fingerprint density at radius 3 is 2.69 bits per heavy atom. The van der Waals surface area contributed by atoms with Gasteiger partial charge in [0.1, 0.15) is 31.0 Å². The molecule has 5 rings (SSSR count). The number of tetrazole rings is 1. The van der Waals surface area contributed by atoms with Crippen molar-refractivity contribution >= 4 is 5.95 Å². The van der Waals surface area contributed by atoms with Crippen molar-refractivity contribution in [3.8, 4) is 11.6 Å². The summed E-state index contributed by atoms with van der Waals surface area (Å²) in [6.45, 7) is 4.15. The van der Waals surface area contributed by atoms with E-state index in [-0.39, 0.29) is 12.6 Å². The van der Waals surface area contributed by atoms with Crippen molar-refractivity contribution in [1.29, 1.82) is 0 Å². The van der Waals surface area contributed by atoms with Crippen LogP contribution in [-0.4, -0.2) is 70.4 Å². The molecule has 0 radical (unpaired) electrons. The van der Waals surface area contributed by atoms with Crippen LogP contribution in [0.4, 0.5) is 5.95 Å². The second kappa shape index (κ2) is 10.5. The Bertz CT molecular complexity index is 1220. The summed E-state index contributed by atoms with van der Waals surface area (Å²) in [6.07, 6.45) is 6.62. The molecule has 35 heavy (non-hydrogen) atoms. The van der Waals surface area contributed by atoms with E-state index in [9.17, 15) is 0 Å². The fourth-order valence-electron chi connectivity index (χ4n) is 3.82. The number of hydrogen-bond donors (Lipinski definition) is 0. The summed E-state index contributed by atoms with van der Waals surface area (Å²) in [5.74, 6) is 1.94. The van der Waals surface area contributed by atoms with Gasteiger partial charge in [0, 0.05) is 18.8 Å². The van der Waals surface area contributed by atoms with Crippen LogP contribution in [0.5, 0.6) is 5.75 Å². The monoisotopic (exact) mass is 479 g/mol. The average Bonchev–Trinajstić information content (AvgIpc) is 3.59. The maximum atomic E-state index is 5.81. The normalized spacial score (nSPS) is 14.4. The van der Waals surface area contributed by atoms with Gasteiger partial charge < -0.3 is 9.64 Å². The fourth-order valence-corrected chi connectivity index (χ4v) is 3.82. The standard InChI is InChI=1S/C21H25N11O3/c1-15-9-16(13-35-33-2)26-21(25-15)30-7-5-18(6-8-30)32-24-10-17(27-32)12-34-19-3-4-20(22-11-19)31-14-23-28-29-31/h3-4,9-11,14,18H,5-8,12-13H2,1-2H3. The molecule has 5 heterocycles. The summed E-state index contributed by atoms with van der Waals surface area (Å²) < 4.78 is 7.28. The van der Waals surface area contributed by atoms with Gasteiger partial charge in [0.15, 0.2) is 5.82 Å². The Morgan fingerprint density at radius 2 is 1.94 bits per heavy atom. The zero-order chi connectivity index (χ0) is 24.0. The lowest BCUT2D eigenvalue weighted by Crippen LogP contribution is -2.36. The molecule has 0 amide bonds. The minimum atomic E-state index is 0.207. The maximum absolute atomic E-state index is 5.81. The molecule has 0 atom stereocenters. The topological polar surface area (TPSA) is 144 Å². The molecular weight excluding hydrogens is 454 g/mol. The van der Waals surface area contributed by atoms with E-state index in [4.69, 9.17) is 9.62 Å². The van der Waals surface area contributed by atoms with Crippen molar-refractivity contribution in [3.05, 3.63) is 54.0 Å². The van der Waals surface area contributed by atoms with E-state index < -0.39 is 0 Å². The first-order chi connectivity index (χ1) is 17.2. The second-order valence-electron chi connectivity index (χ2n) is 8.00. The quantitative estimate of drug-likeness (QED) is 0.252. The third kappa shape index (κ3) is 5.55. The van der Waals surface area contributed by atoms with Gasteiger partial charge in [-0.2, -0.15) is 19.7 Å². The van der Waals surface area contributed by atoms with Crippen LogP contribution in [0.3, 0.4) is 0 Å². The van der Waals surface area contributed by atoms with Crippen molar-refractivity contribution in [2.45, 2.75) is 39.0 Å². The van der Waals surface area contributed by atoms with Crippen LogP contribution >= 0.6 is 0 Å². The Morgan fingerprint density at radius 1 is 1.06 bits per heavy atom. The maximum Gasteiger partial charge on any atom is 0.225 e. The second-order valence-corrected chi connectivity index (χ2v) is 8.00. The number of ether oxygens (including phenoxy) is 1. The molecule has 182 valence electrons. The molecule has 0 saturated carbocycles. The van der Waals surface area contributed by atoms with Crippen molar-refractivity contribution in [2.75, 3.05) is 25.1 Å². The van der Waals surface area contributed by atoms with Crippen LogP contribution in [-0.2, 0) is 23.0 Å². The van der Waals surface area contributed by atoms with Crippen LogP contribution in [0.2, 0.25) is 0 Å². The van der Waals surface area contributed by atoms with Gasteiger partial charge in [-0.3, -0.25) is 0 Å². The predicted molar refractivity (Wildman–Crippen MR) is 120 cm³/mol. The summed E-state index contributed by atoms with van der Waals surface area (Å²) >= 11 is 0. The van der Waals surface area contributed by atoms with Crippen LogP contribution < -0.4 is 9.64 Å². The molecule has 1 fully saturated rings. The molecule has 0 unspecified atom stereocenters. The molecule has 4 aromatic rings. The number of aryl methyl sites for hydroxylation is 1. The van der Waals surface area contributed by atoms with Crippen molar-refractivity contribution in [2.24, 2.45) is 0 Å². The van der Waals surface area contributed by atoms with Crippen LogP contribution in [0.15, 0.2) is 36.9 Å². The Hall–Kier alpha value is -4.04. The summed E-state index contributed by atoms with van der Waals surface area (Å²) in [5, 5.41) is 20.1. The van der Waals surface area contributed by atoms with Gasteiger partial charge >= 0.3 is 0 Å². The van der Waals surface area contributed by atoms with E-state index in [1.54, 1.807) is 23.3 Å². The van der Waals surface area contributed by atoms with Crippen molar-refractivity contribution < 1.29 is 14.5 Å². The zero-order valence-corrected chi connectivity index (χ0v) is 19.4. The van der Waals surface area contributed by atoms with Crippen molar-refractivity contribution in [3.63, 3.8) is 0 Å². The zero-order valence-electron chi connectivity index (χ0n) is 19.4.